The van der Waals surface area contributed by atoms with Gasteiger partial charge in [-0.2, -0.15) is 4.80 Å². The minimum atomic E-state index is -3.64. The van der Waals surface area contributed by atoms with E-state index in [2.05, 4.69) is 15.4 Å². The first-order valence-corrected chi connectivity index (χ1v) is 6.36. The molecule has 0 aliphatic heterocycles. The Kier molecular flexibility index (Phi) is 2.90. The molecule has 1 aromatic heterocycles. The molecule has 90 valence electrons. The first-order chi connectivity index (χ1) is 7.95. The van der Waals surface area contributed by atoms with Crippen LogP contribution in [0.25, 0.3) is 0 Å². The van der Waals surface area contributed by atoms with Crippen LogP contribution in [-0.2, 0) is 16.6 Å². The van der Waals surface area contributed by atoms with Gasteiger partial charge in [-0.05, 0) is 29.8 Å². The predicted octanol–water partition coefficient (Wildman–Crippen LogP) is -0.323. The Morgan fingerprint density at radius 1 is 1.29 bits per heavy atom. The topological polar surface area (TPSA) is 104 Å². The normalized spacial score (nSPS) is 11.6. The van der Waals surface area contributed by atoms with Crippen LogP contribution in [0, 0.1) is 6.92 Å². The maximum atomic E-state index is 11.0. The number of benzene rings is 1. The molecule has 2 aromatic rings. The summed E-state index contributed by atoms with van der Waals surface area (Å²) in [6, 6.07) is 6.24. The molecule has 0 unspecified atom stereocenters. The summed E-state index contributed by atoms with van der Waals surface area (Å²) < 4.78 is 22.1. The molecule has 1 aromatic carbocycles. The van der Waals surface area contributed by atoms with Crippen molar-refractivity contribution in [3.05, 3.63) is 35.7 Å². The van der Waals surface area contributed by atoms with Gasteiger partial charge in [-0.3, -0.25) is 0 Å². The maximum Gasteiger partial charge on any atom is 0.238 e. The molecule has 0 atom stereocenters. The average Bonchev–Trinajstić information content (AvgIpc) is 2.63. The number of sulfonamides is 1. The van der Waals surface area contributed by atoms with Crippen LogP contribution in [0.1, 0.15) is 11.4 Å². The number of hydrogen-bond acceptors (Lipinski definition) is 5. The van der Waals surface area contributed by atoms with Crippen molar-refractivity contribution >= 4 is 10.0 Å². The van der Waals surface area contributed by atoms with Crippen molar-refractivity contribution in [3.8, 4) is 0 Å². The van der Waals surface area contributed by atoms with Gasteiger partial charge in [-0.25, -0.2) is 13.6 Å². The van der Waals surface area contributed by atoms with Crippen molar-refractivity contribution in [2.75, 3.05) is 0 Å². The van der Waals surface area contributed by atoms with Gasteiger partial charge < -0.3 is 0 Å². The molecule has 0 saturated carbocycles. The molecule has 0 radical (unpaired) electrons. The molecule has 0 fully saturated rings. The van der Waals surface area contributed by atoms with Crippen molar-refractivity contribution in [1.29, 1.82) is 0 Å². The third-order valence-corrected chi connectivity index (χ3v) is 3.06. The fourth-order valence-corrected chi connectivity index (χ4v) is 1.85. The highest BCUT2D eigenvalue weighted by molar-refractivity contribution is 7.89. The summed E-state index contributed by atoms with van der Waals surface area (Å²) in [5.74, 6) is 0.589. The largest absolute Gasteiger partial charge is 0.238 e. The zero-order valence-corrected chi connectivity index (χ0v) is 9.92. The Hall–Kier alpha value is -1.80. The van der Waals surface area contributed by atoms with Gasteiger partial charge in [0.15, 0.2) is 5.82 Å². The average molecular weight is 253 g/mol. The van der Waals surface area contributed by atoms with Crippen LogP contribution in [0.2, 0.25) is 0 Å². The Morgan fingerprint density at radius 3 is 2.41 bits per heavy atom. The summed E-state index contributed by atoms with van der Waals surface area (Å²) in [6.07, 6.45) is 0. The van der Waals surface area contributed by atoms with Crippen LogP contribution in [-0.4, -0.2) is 28.6 Å². The fourth-order valence-electron chi connectivity index (χ4n) is 1.34. The van der Waals surface area contributed by atoms with E-state index in [9.17, 15) is 8.42 Å². The highest BCUT2D eigenvalue weighted by Gasteiger charge is 2.07. The van der Waals surface area contributed by atoms with E-state index < -0.39 is 10.0 Å². The third-order valence-electron chi connectivity index (χ3n) is 2.13. The SMILES string of the molecule is Cc1nnn(Cc2ccc(S(N)(=O)=O)cc2)n1. The second-order valence-corrected chi connectivity index (χ2v) is 5.12. The zero-order chi connectivity index (χ0) is 12.5. The molecular weight excluding hydrogens is 242 g/mol. The third kappa shape index (κ3) is 2.86. The molecule has 17 heavy (non-hydrogen) atoms. The Balaban J connectivity index is 2.19. The number of tetrazole rings is 1. The second-order valence-electron chi connectivity index (χ2n) is 3.56. The number of aryl methyl sites for hydroxylation is 1. The molecule has 0 bridgehead atoms. The summed E-state index contributed by atoms with van der Waals surface area (Å²) >= 11 is 0. The summed E-state index contributed by atoms with van der Waals surface area (Å²) in [5, 5.41) is 16.6. The van der Waals surface area contributed by atoms with E-state index in [-0.39, 0.29) is 4.90 Å². The van der Waals surface area contributed by atoms with Gasteiger partial charge in [0.1, 0.15) is 0 Å². The van der Waals surface area contributed by atoms with Crippen LogP contribution >= 0.6 is 0 Å². The molecular formula is C9H11N5O2S. The monoisotopic (exact) mass is 253 g/mol. The minimum Gasteiger partial charge on any atom is -0.225 e. The van der Waals surface area contributed by atoms with Crippen LogP contribution in [0.3, 0.4) is 0 Å². The number of rotatable bonds is 3. The van der Waals surface area contributed by atoms with Crippen molar-refractivity contribution < 1.29 is 8.42 Å². The number of aromatic nitrogens is 4. The minimum absolute atomic E-state index is 0.0870. The first kappa shape index (κ1) is 11.7. The molecule has 0 aliphatic carbocycles. The van der Waals surface area contributed by atoms with Crippen molar-refractivity contribution in [2.45, 2.75) is 18.4 Å². The summed E-state index contributed by atoms with van der Waals surface area (Å²) in [7, 11) is -3.64. The quantitative estimate of drug-likeness (QED) is 0.807. The maximum absolute atomic E-state index is 11.0. The molecule has 0 amide bonds. The summed E-state index contributed by atoms with van der Waals surface area (Å²) in [6.45, 7) is 2.18. The van der Waals surface area contributed by atoms with Gasteiger partial charge in [0, 0.05) is 0 Å². The van der Waals surface area contributed by atoms with E-state index in [4.69, 9.17) is 5.14 Å². The predicted molar refractivity (Wildman–Crippen MR) is 59.5 cm³/mol. The van der Waals surface area contributed by atoms with Gasteiger partial charge in [0.05, 0.1) is 11.4 Å². The van der Waals surface area contributed by atoms with E-state index in [1.54, 1.807) is 19.1 Å². The number of hydrogen-bond donors (Lipinski definition) is 1. The standard InChI is InChI=1S/C9H11N5O2S/c1-7-11-13-14(12-7)6-8-2-4-9(5-3-8)17(10,15)16/h2-5H,6H2,1H3,(H2,10,15,16). The van der Waals surface area contributed by atoms with Crippen molar-refractivity contribution in [1.82, 2.24) is 20.2 Å². The number of primary sulfonamides is 1. The van der Waals surface area contributed by atoms with Gasteiger partial charge in [-0.1, -0.05) is 12.1 Å². The lowest BCUT2D eigenvalue weighted by atomic mass is 10.2. The Labute approximate surface area is 98.3 Å². The summed E-state index contributed by atoms with van der Waals surface area (Å²) in [4.78, 5) is 1.52. The van der Waals surface area contributed by atoms with Crippen molar-refractivity contribution in [3.63, 3.8) is 0 Å². The molecule has 2 N–H and O–H groups in total. The molecule has 7 nitrogen and oxygen atoms in total. The summed E-state index contributed by atoms with van der Waals surface area (Å²) in [5.41, 5.74) is 0.870. The molecule has 0 aliphatic rings. The Bertz CT molecular complexity index is 617. The zero-order valence-electron chi connectivity index (χ0n) is 9.11. The van der Waals surface area contributed by atoms with Gasteiger partial charge in [0.25, 0.3) is 0 Å². The van der Waals surface area contributed by atoms with Crippen LogP contribution in [0.5, 0.6) is 0 Å². The molecule has 8 heteroatoms. The molecule has 2 rings (SSSR count). The second kappa shape index (κ2) is 4.22. The Morgan fingerprint density at radius 2 is 1.94 bits per heavy atom. The van der Waals surface area contributed by atoms with E-state index in [1.807, 2.05) is 0 Å². The van der Waals surface area contributed by atoms with Gasteiger partial charge >= 0.3 is 0 Å². The van der Waals surface area contributed by atoms with Crippen LogP contribution in [0.4, 0.5) is 0 Å². The molecule has 0 saturated heterocycles. The van der Waals surface area contributed by atoms with Crippen LogP contribution < -0.4 is 5.14 Å². The highest BCUT2D eigenvalue weighted by Crippen LogP contribution is 2.09. The van der Waals surface area contributed by atoms with Gasteiger partial charge in [-0.15, -0.1) is 10.2 Å². The lowest BCUT2D eigenvalue weighted by Gasteiger charge is -2.01. The number of nitrogens with zero attached hydrogens (tertiary/aromatic N) is 4. The smallest absolute Gasteiger partial charge is 0.225 e. The fraction of sp³-hybridized carbons (Fsp3) is 0.222. The van der Waals surface area contributed by atoms with E-state index in [0.717, 1.165) is 5.56 Å². The first-order valence-electron chi connectivity index (χ1n) is 4.81. The molecule has 0 spiro atoms. The van der Waals surface area contributed by atoms with Gasteiger partial charge in [0.2, 0.25) is 10.0 Å². The lowest BCUT2D eigenvalue weighted by Crippen LogP contribution is -2.12. The van der Waals surface area contributed by atoms with Crippen molar-refractivity contribution in [2.24, 2.45) is 5.14 Å². The van der Waals surface area contributed by atoms with E-state index in [1.165, 1.54) is 16.9 Å². The lowest BCUT2D eigenvalue weighted by molar-refractivity contribution is 0.571. The highest BCUT2D eigenvalue weighted by atomic mass is 32.2. The van der Waals surface area contributed by atoms with E-state index >= 15 is 0 Å². The molecule has 1 heterocycles. The van der Waals surface area contributed by atoms with Crippen LogP contribution in [0.15, 0.2) is 29.2 Å². The number of nitrogens with two attached hydrogens (primary N) is 1. The van der Waals surface area contributed by atoms with E-state index in [0.29, 0.717) is 12.4 Å².